The van der Waals surface area contributed by atoms with E-state index >= 15 is 0 Å². The Morgan fingerprint density at radius 1 is 1.69 bits per heavy atom. The van der Waals surface area contributed by atoms with Gasteiger partial charge in [0.25, 0.3) is 5.91 Å². The number of hydrogen-bond donors (Lipinski definition) is 3. The zero-order valence-electron chi connectivity index (χ0n) is 8.78. The van der Waals surface area contributed by atoms with E-state index in [-0.39, 0.29) is 11.6 Å². The van der Waals surface area contributed by atoms with Crippen LogP contribution in [0.15, 0.2) is 16.8 Å². The third kappa shape index (κ3) is 1.92. The molecule has 0 bridgehead atoms. The van der Waals surface area contributed by atoms with Crippen molar-refractivity contribution in [2.24, 2.45) is 0 Å². The van der Waals surface area contributed by atoms with Crippen LogP contribution in [-0.4, -0.2) is 16.1 Å². The van der Waals surface area contributed by atoms with Gasteiger partial charge in [0, 0.05) is 5.38 Å². The number of nitrogen functional groups attached to an aromatic ring is 1. The number of amides is 1. The minimum atomic E-state index is -0.285. The van der Waals surface area contributed by atoms with Gasteiger partial charge >= 0.3 is 0 Å². The quantitative estimate of drug-likeness (QED) is 0.760. The van der Waals surface area contributed by atoms with Crippen LogP contribution in [0.4, 0.5) is 11.4 Å². The van der Waals surface area contributed by atoms with Crippen LogP contribution in [0.25, 0.3) is 0 Å². The standard InChI is InChI=1S/C10H12N4OS/c1-2-7-8(11)9(14-13-7)10(15)12-6-3-4-16-5-6/h3-5H,2,11H2,1H3,(H,12,15)(H,13,14). The fourth-order valence-corrected chi connectivity index (χ4v) is 1.94. The number of H-pyrrole nitrogens is 1. The van der Waals surface area contributed by atoms with Crippen molar-refractivity contribution in [3.8, 4) is 0 Å². The summed E-state index contributed by atoms with van der Waals surface area (Å²) >= 11 is 1.52. The second-order valence-corrected chi connectivity index (χ2v) is 4.06. The number of aryl methyl sites for hydroxylation is 1. The van der Waals surface area contributed by atoms with Crippen molar-refractivity contribution in [1.29, 1.82) is 0 Å². The number of nitrogens with zero attached hydrogens (tertiary/aromatic N) is 1. The van der Waals surface area contributed by atoms with E-state index in [4.69, 9.17) is 5.73 Å². The van der Waals surface area contributed by atoms with Crippen LogP contribution in [0.3, 0.4) is 0 Å². The molecule has 84 valence electrons. The van der Waals surface area contributed by atoms with Crippen LogP contribution in [0, 0.1) is 0 Å². The molecule has 0 aliphatic rings. The van der Waals surface area contributed by atoms with Crippen molar-refractivity contribution < 1.29 is 4.79 Å². The van der Waals surface area contributed by atoms with Crippen LogP contribution >= 0.6 is 11.3 Å². The molecular formula is C10H12N4OS. The van der Waals surface area contributed by atoms with E-state index in [2.05, 4.69) is 15.5 Å². The smallest absolute Gasteiger partial charge is 0.278 e. The molecular weight excluding hydrogens is 224 g/mol. The molecule has 2 aromatic rings. The number of aromatic nitrogens is 2. The highest BCUT2D eigenvalue weighted by Gasteiger charge is 2.16. The summed E-state index contributed by atoms with van der Waals surface area (Å²) in [5, 5.41) is 13.1. The molecule has 0 fully saturated rings. The van der Waals surface area contributed by atoms with Gasteiger partial charge in [0.05, 0.1) is 17.1 Å². The highest BCUT2D eigenvalue weighted by Crippen LogP contribution is 2.17. The van der Waals surface area contributed by atoms with Crippen LogP contribution in [0.5, 0.6) is 0 Å². The Morgan fingerprint density at radius 2 is 2.50 bits per heavy atom. The summed E-state index contributed by atoms with van der Waals surface area (Å²) in [6, 6.07) is 1.83. The summed E-state index contributed by atoms with van der Waals surface area (Å²) in [6.45, 7) is 1.95. The molecule has 2 heterocycles. The molecule has 2 aromatic heterocycles. The second kappa shape index (κ2) is 4.36. The van der Waals surface area contributed by atoms with Crippen molar-refractivity contribution in [3.05, 3.63) is 28.2 Å². The molecule has 2 rings (SSSR count). The van der Waals surface area contributed by atoms with E-state index in [9.17, 15) is 4.79 Å². The lowest BCUT2D eigenvalue weighted by Gasteiger charge is -2.00. The van der Waals surface area contributed by atoms with Crippen LogP contribution in [0.2, 0.25) is 0 Å². The van der Waals surface area contributed by atoms with Crippen molar-refractivity contribution in [2.75, 3.05) is 11.1 Å². The van der Waals surface area contributed by atoms with Crippen molar-refractivity contribution in [3.63, 3.8) is 0 Å². The van der Waals surface area contributed by atoms with Crippen molar-refractivity contribution in [2.45, 2.75) is 13.3 Å². The van der Waals surface area contributed by atoms with Gasteiger partial charge in [-0.15, -0.1) is 0 Å². The molecule has 4 N–H and O–H groups in total. The Hall–Kier alpha value is -1.82. The molecule has 0 saturated carbocycles. The van der Waals surface area contributed by atoms with E-state index in [0.717, 1.165) is 17.8 Å². The number of rotatable bonds is 3. The van der Waals surface area contributed by atoms with E-state index in [1.807, 2.05) is 23.8 Å². The fraction of sp³-hybridized carbons (Fsp3) is 0.200. The summed E-state index contributed by atoms with van der Waals surface area (Å²) in [5.41, 5.74) is 8.02. The number of carbonyl (C=O) groups is 1. The lowest BCUT2D eigenvalue weighted by Crippen LogP contribution is -2.13. The third-order valence-corrected chi connectivity index (χ3v) is 2.91. The zero-order valence-corrected chi connectivity index (χ0v) is 9.60. The zero-order chi connectivity index (χ0) is 11.5. The first-order valence-electron chi connectivity index (χ1n) is 4.88. The molecule has 0 spiro atoms. The first kappa shape index (κ1) is 10.7. The highest BCUT2D eigenvalue weighted by atomic mass is 32.1. The minimum Gasteiger partial charge on any atom is -0.395 e. The fourth-order valence-electron chi connectivity index (χ4n) is 1.36. The molecule has 6 heteroatoms. The normalized spacial score (nSPS) is 10.3. The number of anilines is 2. The van der Waals surface area contributed by atoms with Gasteiger partial charge in [-0.25, -0.2) is 0 Å². The van der Waals surface area contributed by atoms with Gasteiger partial charge in [-0.3, -0.25) is 9.89 Å². The van der Waals surface area contributed by atoms with Gasteiger partial charge in [-0.1, -0.05) is 6.92 Å². The number of nitrogens with one attached hydrogen (secondary N) is 2. The van der Waals surface area contributed by atoms with E-state index < -0.39 is 0 Å². The predicted molar refractivity (Wildman–Crippen MR) is 64.7 cm³/mol. The van der Waals surface area contributed by atoms with Crippen molar-refractivity contribution in [1.82, 2.24) is 10.2 Å². The molecule has 1 amide bonds. The Kier molecular flexibility index (Phi) is 2.91. The van der Waals surface area contributed by atoms with Gasteiger partial charge in [-0.05, 0) is 17.9 Å². The SMILES string of the molecule is CCc1[nH]nc(C(=O)Nc2ccsc2)c1N. The third-order valence-electron chi connectivity index (χ3n) is 2.23. The van der Waals surface area contributed by atoms with Gasteiger partial charge in [0.1, 0.15) is 0 Å². The summed E-state index contributed by atoms with van der Waals surface area (Å²) in [6.07, 6.45) is 0.727. The lowest BCUT2D eigenvalue weighted by molar-refractivity contribution is 0.102. The number of aromatic amines is 1. The average molecular weight is 236 g/mol. The number of thiophene rings is 1. The molecule has 0 radical (unpaired) electrons. The summed E-state index contributed by atoms with van der Waals surface area (Å²) in [7, 11) is 0. The second-order valence-electron chi connectivity index (χ2n) is 3.28. The van der Waals surface area contributed by atoms with Gasteiger partial charge in [0.15, 0.2) is 5.69 Å². The number of nitrogens with two attached hydrogens (primary N) is 1. The van der Waals surface area contributed by atoms with Gasteiger partial charge < -0.3 is 11.1 Å². The predicted octanol–water partition coefficient (Wildman–Crippen LogP) is 1.87. The van der Waals surface area contributed by atoms with Crippen LogP contribution in [0.1, 0.15) is 23.1 Å². The molecule has 0 saturated heterocycles. The average Bonchev–Trinajstić information content (AvgIpc) is 2.87. The minimum absolute atomic E-state index is 0.253. The molecule has 0 unspecified atom stereocenters. The summed E-state index contributed by atoms with van der Waals surface area (Å²) in [4.78, 5) is 11.8. The highest BCUT2D eigenvalue weighted by molar-refractivity contribution is 7.08. The molecule has 0 atom stereocenters. The Labute approximate surface area is 96.7 Å². The molecule has 5 nitrogen and oxygen atoms in total. The van der Waals surface area contributed by atoms with Gasteiger partial charge in [-0.2, -0.15) is 16.4 Å². The van der Waals surface area contributed by atoms with E-state index in [1.165, 1.54) is 11.3 Å². The van der Waals surface area contributed by atoms with Crippen molar-refractivity contribution >= 4 is 28.6 Å². The summed E-state index contributed by atoms with van der Waals surface area (Å²) in [5.74, 6) is -0.285. The molecule has 16 heavy (non-hydrogen) atoms. The molecule has 0 aromatic carbocycles. The largest absolute Gasteiger partial charge is 0.395 e. The monoisotopic (exact) mass is 236 g/mol. The van der Waals surface area contributed by atoms with Crippen LogP contribution < -0.4 is 11.1 Å². The van der Waals surface area contributed by atoms with E-state index in [1.54, 1.807) is 0 Å². The topological polar surface area (TPSA) is 83.8 Å². The molecule has 0 aliphatic carbocycles. The Morgan fingerprint density at radius 3 is 3.06 bits per heavy atom. The maximum absolute atomic E-state index is 11.8. The first-order valence-corrected chi connectivity index (χ1v) is 5.83. The number of carbonyl (C=O) groups excluding carboxylic acids is 1. The Balaban J connectivity index is 2.18. The van der Waals surface area contributed by atoms with Gasteiger partial charge in [0.2, 0.25) is 0 Å². The molecule has 0 aliphatic heterocycles. The Bertz CT molecular complexity index is 489. The van der Waals surface area contributed by atoms with Crippen LogP contribution in [-0.2, 0) is 6.42 Å². The number of hydrogen-bond acceptors (Lipinski definition) is 4. The lowest BCUT2D eigenvalue weighted by atomic mass is 10.2. The maximum Gasteiger partial charge on any atom is 0.278 e. The summed E-state index contributed by atoms with van der Waals surface area (Å²) < 4.78 is 0. The van der Waals surface area contributed by atoms with E-state index in [0.29, 0.717) is 5.69 Å². The maximum atomic E-state index is 11.8. The first-order chi connectivity index (χ1) is 7.72.